The van der Waals surface area contributed by atoms with Gasteiger partial charge in [-0.05, 0) is 24.8 Å². The van der Waals surface area contributed by atoms with E-state index in [0.29, 0.717) is 16.6 Å². The molecule has 22 heavy (non-hydrogen) atoms. The van der Waals surface area contributed by atoms with E-state index in [1.54, 1.807) is 18.5 Å². The van der Waals surface area contributed by atoms with Crippen molar-refractivity contribution in [3.63, 3.8) is 0 Å². The van der Waals surface area contributed by atoms with Crippen LogP contribution in [-0.4, -0.2) is 44.0 Å². The molecule has 1 saturated heterocycles. The van der Waals surface area contributed by atoms with Crippen molar-refractivity contribution in [3.8, 4) is 0 Å². The fraction of sp³-hybridized carbons (Fsp3) is 0.429. The first kappa shape index (κ1) is 14.8. The molecule has 3 heterocycles. The molecule has 2 aromatic rings. The minimum atomic E-state index is -0.108. The molecule has 0 aliphatic carbocycles. The van der Waals surface area contributed by atoms with Gasteiger partial charge in [-0.3, -0.25) is 9.67 Å². The Kier molecular flexibility index (Phi) is 4.53. The summed E-state index contributed by atoms with van der Waals surface area (Å²) in [7, 11) is 0. The SMILES string of the molecule is O=C(Nc1cncc(Cl)c1)N1CCC(Cn2ccnn2)CC1. The summed E-state index contributed by atoms with van der Waals surface area (Å²) in [6.45, 7) is 2.33. The van der Waals surface area contributed by atoms with Crippen LogP contribution >= 0.6 is 11.6 Å². The van der Waals surface area contributed by atoms with Crippen molar-refractivity contribution in [2.24, 2.45) is 5.92 Å². The van der Waals surface area contributed by atoms with E-state index in [2.05, 4.69) is 20.6 Å². The van der Waals surface area contributed by atoms with Gasteiger partial charge in [0, 0.05) is 32.0 Å². The average molecular weight is 321 g/mol. The molecule has 1 aliphatic rings. The molecule has 0 atom stereocenters. The number of pyridine rings is 1. The number of nitrogens with zero attached hydrogens (tertiary/aromatic N) is 5. The van der Waals surface area contributed by atoms with Gasteiger partial charge in [-0.25, -0.2) is 4.79 Å². The number of piperidine rings is 1. The summed E-state index contributed by atoms with van der Waals surface area (Å²) in [4.78, 5) is 18.0. The van der Waals surface area contributed by atoms with E-state index in [1.807, 2.05) is 15.8 Å². The molecule has 0 saturated carbocycles. The van der Waals surface area contributed by atoms with Crippen LogP contribution in [0.25, 0.3) is 0 Å². The lowest BCUT2D eigenvalue weighted by atomic mass is 9.97. The number of urea groups is 1. The van der Waals surface area contributed by atoms with Crippen LogP contribution in [0.5, 0.6) is 0 Å². The molecule has 0 bridgehead atoms. The number of halogens is 1. The molecular formula is C14H17ClN6O. The topological polar surface area (TPSA) is 75.9 Å². The van der Waals surface area contributed by atoms with Crippen LogP contribution < -0.4 is 5.32 Å². The second kappa shape index (κ2) is 6.74. The van der Waals surface area contributed by atoms with Crippen molar-refractivity contribution in [1.29, 1.82) is 0 Å². The van der Waals surface area contributed by atoms with Gasteiger partial charge in [0.2, 0.25) is 0 Å². The van der Waals surface area contributed by atoms with Gasteiger partial charge in [0.1, 0.15) is 0 Å². The van der Waals surface area contributed by atoms with Crippen molar-refractivity contribution in [2.45, 2.75) is 19.4 Å². The summed E-state index contributed by atoms with van der Waals surface area (Å²) in [5.74, 6) is 0.526. The molecule has 1 fully saturated rings. The molecule has 8 heteroatoms. The fourth-order valence-electron chi connectivity index (χ4n) is 2.60. The fourth-order valence-corrected chi connectivity index (χ4v) is 2.77. The van der Waals surface area contributed by atoms with E-state index in [4.69, 9.17) is 11.6 Å². The van der Waals surface area contributed by atoms with Crippen LogP contribution in [-0.2, 0) is 6.54 Å². The standard InChI is InChI=1S/C14H17ClN6O/c15-12-7-13(9-16-8-12)18-14(22)20-4-1-11(2-5-20)10-21-6-3-17-19-21/h3,6-9,11H,1-2,4-5,10H2,(H,18,22). The molecule has 1 N–H and O–H groups in total. The molecule has 1 aliphatic heterocycles. The Hall–Kier alpha value is -2.15. The molecule has 7 nitrogen and oxygen atoms in total. The molecule has 116 valence electrons. The molecule has 0 spiro atoms. The summed E-state index contributed by atoms with van der Waals surface area (Å²) in [6.07, 6.45) is 8.59. The minimum Gasteiger partial charge on any atom is -0.325 e. The number of hydrogen-bond acceptors (Lipinski definition) is 4. The molecule has 0 radical (unpaired) electrons. The summed E-state index contributed by atoms with van der Waals surface area (Å²) < 4.78 is 1.85. The van der Waals surface area contributed by atoms with E-state index in [9.17, 15) is 4.79 Å². The second-order valence-electron chi connectivity index (χ2n) is 5.38. The number of hydrogen-bond donors (Lipinski definition) is 1. The molecule has 2 aromatic heterocycles. The molecule has 0 aromatic carbocycles. The lowest BCUT2D eigenvalue weighted by Crippen LogP contribution is -2.41. The lowest BCUT2D eigenvalue weighted by molar-refractivity contribution is 0.175. The van der Waals surface area contributed by atoms with Crippen molar-refractivity contribution in [1.82, 2.24) is 24.9 Å². The van der Waals surface area contributed by atoms with E-state index in [0.717, 1.165) is 32.5 Å². The Morgan fingerprint density at radius 1 is 1.36 bits per heavy atom. The third-order valence-corrected chi connectivity index (χ3v) is 3.98. The van der Waals surface area contributed by atoms with Gasteiger partial charge in [0.15, 0.2) is 0 Å². The van der Waals surface area contributed by atoms with Gasteiger partial charge >= 0.3 is 6.03 Å². The minimum absolute atomic E-state index is 0.108. The van der Waals surface area contributed by atoms with Crippen molar-refractivity contribution in [3.05, 3.63) is 35.9 Å². The quantitative estimate of drug-likeness (QED) is 0.941. The Labute approximate surface area is 133 Å². The third kappa shape index (κ3) is 3.73. The Morgan fingerprint density at radius 2 is 2.18 bits per heavy atom. The van der Waals surface area contributed by atoms with Crippen LogP contribution in [0, 0.1) is 5.92 Å². The van der Waals surface area contributed by atoms with Crippen molar-refractivity contribution in [2.75, 3.05) is 18.4 Å². The van der Waals surface area contributed by atoms with Gasteiger partial charge in [-0.1, -0.05) is 16.8 Å². The second-order valence-corrected chi connectivity index (χ2v) is 5.81. The van der Waals surface area contributed by atoms with Crippen LogP contribution in [0.4, 0.5) is 10.5 Å². The first-order valence-electron chi connectivity index (χ1n) is 7.21. The van der Waals surface area contributed by atoms with E-state index < -0.39 is 0 Å². The lowest BCUT2D eigenvalue weighted by Gasteiger charge is -2.31. The zero-order valence-electron chi connectivity index (χ0n) is 12.0. The van der Waals surface area contributed by atoms with Gasteiger partial charge in [-0.2, -0.15) is 0 Å². The molecule has 0 unspecified atom stereocenters. The predicted octanol–water partition coefficient (Wildman–Crippen LogP) is 2.27. The maximum atomic E-state index is 12.2. The highest BCUT2D eigenvalue weighted by atomic mass is 35.5. The first-order chi connectivity index (χ1) is 10.7. The molecular weight excluding hydrogens is 304 g/mol. The van der Waals surface area contributed by atoms with Crippen LogP contribution in [0.15, 0.2) is 30.9 Å². The molecule has 2 amide bonds. The largest absolute Gasteiger partial charge is 0.325 e. The Bertz CT molecular complexity index is 624. The van der Waals surface area contributed by atoms with E-state index >= 15 is 0 Å². The Balaban J connectivity index is 1.49. The van der Waals surface area contributed by atoms with Crippen molar-refractivity contribution >= 4 is 23.3 Å². The summed E-state index contributed by atoms with van der Waals surface area (Å²) in [5.41, 5.74) is 0.613. The molecule has 3 rings (SSSR count). The van der Waals surface area contributed by atoms with Gasteiger partial charge < -0.3 is 10.2 Å². The number of carbonyl (C=O) groups is 1. The monoisotopic (exact) mass is 320 g/mol. The number of aromatic nitrogens is 4. The van der Waals surface area contributed by atoms with Gasteiger partial charge in [0.05, 0.1) is 23.1 Å². The summed E-state index contributed by atoms with van der Waals surface area (Å²) >= 11 is 5.86. The van der Waals surface area contributed by atoms with E-state index in [-0.39, 0.29) is 6.03 Å². The van der Waals surface area contributed by atoms with Crippen LogP contribution in [0.2, 0.25) is 5.02 Å². The van der Waals surface area contributed by atoms with Gasteiger partial charge in [-0.15, -0.1) is 5.10 Å². The van der Waals surface area contributed by atoms with Crippen LogP contribution in [0.1, 0.15) is 12.8 Å². The highest BCUT2D eigenvalue weighted by Gasteiger charge is 2.23. The highest BCUT2D eigenvalue weighted by Crippen LogP contribution is 2.20. The zero-order chi connectivity index (χ0) is 15.4. The summed E-state index contributed by atoms with van der Waals surface area (Å²) in [6, 6.07) is 1.58. The number of amides is 2. The number of rotatable bonds is 3. The highest BCUT2D eigenvalue weighted by molar-refractivity contribution is 6.30. The smallest absolute Gasteiger partial charge is 0.321 e. The van der Waals surface area contributed by atoms with Crippen LogP contribution in [0.3, 0.4) is 0 Å². The number of nitrogens with one attached hydrogen (secondary N) is 1. The number of anilines is 1. The first-order valence-corrected chi connectivity index (χ1v) is 7.59. The van der Waals surface area contributed by atoms with E-state index in [1.165, 1.54) is 6.20 Å². The predicted molar refractivity (Wildman–Crippen MR) is 82.6 cm³/mol. The number of likely N-dealkylation sites (tertiary alicyclic amines) is 1. The number of carbonyl (C=O) groups excluding carboxylic acids is 1. The third-order valence-electron chi connectivity index (χ3n) is 3.78. The Morgan fingerprint density at radius 3 is 2.86 bits per heavy atom. The van der Waals surface area contributed by atoms with Crippen molar-refractivity contribution < 1.29 is 4.79 Å². The van der Waals surface area contributed by atoms with Gasteiger partial charge in [0.25, 0.3) is 0 Å². The maximum Gasteiger partial charge on any atom is 0.321 e. The zero-order valence-corrected chi connectivity index (χ0v) is 12.8. The summed E-state index contributed by atoms with van der Waals surface area (Å²) in [5, 5.41) is 11.1. The maximum absolute atomic E-state index is 12.2. The normalized spacial score (nSPS) is 15.8. The average Bonchev–Trinajstić information content (AvgIpc) is 3.01.